The van der Waals surface area contributed by atoms with E-state index in [0.717, 1.165) is 46.0 Å². The number of aliphatic carboxylic acids is 1. The number of aliphatic hydroxyl groups is 3. The number of benzene rings is 1. The smallest absolute Gasteiger partial charge is 0.305 e. The number of nitrogens with one attached hydrogen (secondary N) is 16. The number of nitrogens with two attached hydrogens (primary N) is 7. The van der Waals surface area contributed by atoms with Crippen molar-refractivity contribution in [3.05, 3.63) is 29.8 Å². The molecule has 0 aliphatic rings. The van der Waals surface area contributed by atoms with Crippen molar-refractivity contribution in [2.75, 3.05) is 39.3 Å². The molecule has 0 aliphatic carbocycles. The summed E-state index contributed by atoms with van der Waals surface area (Å²) in [6, 6.07) is -13.0. The number of primary amides is 3. The summed E-state index contributed by atoms with van der Waals surface area (Å²) in [5.74, 6) is -22.9. The van der Waals surface area contributed by atoms with Crippen LogP contribution in [-0.2, 0) is 92.7 Å². The number of rotatable bonds is 76. The molecule has 0 spiro atoms. The van der Waals surface area contributed by atoms with Gasteiger partial charge in [0.1, 0.15) is 83.6 Å². The number of unbranched alkanes of at least 4 members (excludes halogenated alkanes) is 14. The van der Waals surface area contributed by atoms with Crippen molar-refractivity contribution in [3.63, 3.8) is 0 Å². The number of aliphatic hydroxyl groups excluding tert-OH is 3. The third-order valence-corrected chi connectivity index (χ3v) is 22.4. The largest absolute Gasteiger partial charge is 0.508 e. The molecule has 141 heavy (non-hydrogen) atoms. The van der Waals surface area contributed by atoms with Gasteiger partial charge < -0.3 is 140 Å². The monoisotopic (exact) mass is 2000 g/mol. The van der Waals surface area contributed by atoms with E-state index in [2.05, 4.69) is 91.3 Å². The van der Waals surface area contributed by atoms with Crippen LogP contribution in [0.2, 0.25) is 0 Å². The van der Waals surface area contributed by atoms with Crippen molar-refractivity contribution in [2.45, 2.75) is 353 Å². The van der Waals surface area contributed by atoms with Crippen molar-refractivity contribution < 1.29 is 112 Å². The minimum atomic E-state index is -1.94. The molecule has 0 saturated heterocycles. The number of carboxylic acids is 1. The molecular weight excluding hydrogens is 1840 g/mol. The van der Waals surface area contributed by atoms with Crippen LogP contribution in [0, 0.1) is 34.5 Å². The Bertz CT molecular complexity index is 4250. The number of carbonyl (C=O) groups excluding carboxylic acids is 17. The van der Waals surface area contributed by atoms with Gasteiger partial charge in [0, 0.05) is 38.9 Å². The lowest BCUT2D eigenvalue weighted by atomic mass is 9.97. The lowest BCUT2D eigenvalue weighted by Crippen LogP contribution is -2.61. The molecule has 0 aliphatic heterocycles. The summed E-state index contributed by atoms with van der Waals surface area (Å²) in [4.78, 5) is 258. The van der Waals surface area contributed by atoms with Crippen LogP contribution < -0.4 is 115 Å². The number of phenols is 1. The van der Waals surface area contributed by atoms with Gasteiger partial charge in [0.15, 0.2) is 11.9 Å². The fourth-order valence-corrected chi connectivity index (χ4v) is 14.6. The molecule has 0 aromatic heterocycles. The van der Waals surface area contributed by atoms with Gasteiger partial charge in [-0.15, -0.1) is 0 Å². The fourth-order valence-electron chi connectivity index (χ4n) is 14.6. The van der Waals surface area contributed by atoms with E-state index in [1.165, 1.54) is 62.8 Å². The highest BCUT2D eigenvalue weighted by Crippen LogP contribution is 2.20. The maximum absolute atomic E-state index is 15.1. The summed E-state index contributed by atoms with van der Waals surface area (Å²) in [6.07, 6.45) is 6.09. The fraction of sp³-hybridized carbons (Fsp3) is 0.699. The van der Waals surface area contributed by atoms with Crippen LogP contribution in [0.25, 0.3) is 0 Å². The second-order valence-corrected chi connectivity index (χ2v) is 36.6. The summed E-state index contributed by atoms with van der Waals surface area (Å²) in [7, 11) is 0. The van der Waals surface area contributed by atoms with Gasteiger partial charge in [0.2, 0.25) is 76.8 Å². The van der Waals surface area contributed by atoms with Crippen LogP contribution in [-0.4, -0.2) is 273 Å². The second-order valence-electron chi connectivity index (χ2n) is 36.6. The maximum atomic E-state index is 15.1. The summed E-state index contributed by atoms with van der Waals surface area (Å²) in [5, 5.41) is 102. The molecule has 1 aromatic rings. The Morgan fingerprint density at radius 1 is 0.376 bits per heavy atom. The zero-order valence-corrected chi connectivity index (χ0v) is 83.2. The first-order valence-corrected chi connectivity index (χ1v) is 48.8. The van der Waals surface area contributed by atoms with Crippen LogP contribution in [0.1, 0.15) is 273 Å². The summed E-state index contributed by atoms with van der Waals surface area (Å²) in [6.45, 7) is 13.1. The number of hydrogen-bond acceptors (Lipinski definition) is 26. The topological polar surface area (TPSA) is 831 Å². The number of aliphatic imine (C=N–C) groups is 2. The molecule has 48 nitrogen and oxygen atoms in total. The zero-order valence-electron chi connectivity index (χ0n) is 83.2. The molecule has 35 N–H and O–H groups in total. The number of aromatic hydroxyl groups is 1. The third kappa shape index (κ3) is 56.0. The van der Waals surface area contributed by atoms with Crippen molar-refractivity contribution in [1.29, 1.82) is 10.8 Å². The first-order chi connectivity index (χ1) is 66.6. The Kier molecular flexibility index (Phi) is 63.8. The van der Waals surface area contributed by atoms with Crippen LogP contribution in [0.15, 0.2) is 34.3 Å². The van der Waals surface area contributed by atoms with Gasteiger partial charge >= 0.3 is 5.97 Å². The van der Waals surface area contributed by atoms with Crippen molar-refractivity contribution >= 4 is 130 Å². The third-order valence-electron chi connectivity index (χ3n) is 22.4. The van der Waals surface area contributed by atoms with Crippen molar-refractivity contribution in [2.24, 2.45) is 73.8 Å². The Balaban J connectivity index is 3.95. The number of hydrogen-bond donors (Lipinski definition) is 28. The van der Waals surface area contributed by atoms with E-state index in [0.29, 0.717) is 24.8 Å². The molecule has 0 heterocycles. The van der Waals surface area contributed by atoms with Crippen molar-refractivity contribution in [1.82, 2.24) is 74.4 Å². The van der Waals surface area contributed by atoms with Gasteiger partial charge in [-0.1, -0.05) is 138 Å². The van der Waals surface area contributed by atoms with Crippen LogP contribution in [0.4, 0.5) is 0 Å². The number of phenolic OH excluding ortho intramolecular Hbond substituents is 1. The van der Waals surface area contributed by atoms with E-state index in [9.17, 15) is 107 Å². The Hall–Kier alpha value is -12.4. The first kappa shape index (κ1) is 127. The van der Waals surface area contributed by atoms with Gasteiger partial charge in [0.25, 0.3) is 23.6 Å². The standard InChI is InChI=1S/C93H161N25O23/c1-10-11-12-13-14-15-16-17-18-19-20-21-22-33-74(125)106-70(50-75(126)127)88(138)117-76(56(8)120)90(140)112-64(32-28-45-104-93(101)102)82(132)111-66(39-41-73(97)124)85(135)110-65(38-40-72(96)123)80(130)105-51-59(49-58-34-36-60(122)37-35-58)79(129)107-63(31-27-44-103-92(99)100)81(131)108-61(29-23-25-42-94)83(133)114-69(48-55(6)7)87(137)115-68(47-54(4)5)86(136)109-62(30-24-26-43-95)84(134)116-71(52-119)89(139)118-77(57(9)121)91(141)113-67(78(98)128)46-53(2)3/h34-37,53-57,59,62-67,69-71,76-77,119-122H,10-33,38-52,94-95H2,1-9H3,(H2,96,123)(H2,97,124)(H2,98,128)(H,105,130)(H,106,125)(H,107,129)(H,109,136)(H,110,135)(H,111,132)(H,112,140)(H,113,141)(H,114,133)(H,116,134)(H,117,138)(H,118,139)(H,126,127)(H4,99,100,103)(H4,101,102,104). The lowest BCUT2D eigenvalue weighted by Gasteiger charge is -2.28. The van der Waals surface area contributed by atoms with E-state index in [1.807, 2.05) is 0 Å². The van der Waals surface area contributed by atoms with E-state index < -0.39 is 271 Å². The number of amides is 17. The molecule has 1 aromatic carbocycles. The minimum Gasteiger partial charge on any atom is -0.508 e. The zero-order chi connectivity index (χ0) is 106. The molecule has 14 atom stereocenters. The minimum absolute atomic E-state index is 0.0261. The number of carboxylic acid groups (broad SMARTS) is 1. The number of nitrogens with zero attached hydrogens (tertiary/aromatic N) is 2. The van der Waals surface area contributed by atoms with Crippen LogP contribution in [0.5, 0.6) is 5.75 Å². The predicted octanol–water partition coefficient (Wildman–Crippen LogP) is -2.42. The summed E-state index contributed by atoms with van der Waals surface area (Å²) in [5.41, 5.74) is 38.8. The molecule has 0 saturated carbocycles. The summed E-state index contributed by atoms with van der Waals surface area (Å²) >= 11 is 0. The quantitative estimate of drug-likeness (QED) is 0.0183. The molecule has 1 rings (SSSR count). The van der Waals surface area contributed by atoms with E-state index in [-0.39, 0.29) is 128 Å². The van der Waals surface area contributed by atoms with E-state index in [1.54, 1.807) is 41.5 Å². The Morgan fingerprint density at radius 3 is 1.23 bits per heavy atom. The van der Waals surface area contributed by atoms with Gasteiger partial charge in [-0.2, -0.15) is 0 Å². The van der Waals surface area contributed by atoms with Gasteiger partial charge in [-0.25, -0.2) is 9.98 Å². The highest BCUT2D eigenvalue weighted by atomic mass is 16.4. The molecule has 0 bridgehead atoms. The van der Waals surface area contributed by atoms with Gasteiger partial charge in [-0.3, -0.25) is 97.1 Å². The maximum Gasteiger partial charge on any atom is 0.305 e. The second kappa shape index (κ2) is 71.1. The average molecular weight is 2000 g/mol. The molecule has 14 unspecified atom stereocenters. The lowest BCUT2D eigenvalue weighted by molar-refractivity contribution is -0.141. The van der Waals surface area contributed by atoms with E-state index >= 15 is 4.79 Å². The highest BCUT2D eigenvalue weighted by molar-refractivity contribution is 6.42. The Labute approximate surface area is 824 Å². The predicted molar refractivity (Wildman–Crippen MR) is 526 cm³/mol. The SMILES string of the molecule is CCCCCCCCCCCCCCCC(=O)NC(CC(=O)O)C(=O)NC(C(=O)NC(CCCNC(=N)N)C(=O)NC(CCC(N)=O)C(=O)NC(CCC(N)=O)C(=O)NCC(Cc1ccc(O)cc1)C(=O)NC(CCCNC(=N)N)C(=O)N=C(CCCCN)C(=O)NC(CC(C)C)C(=O)N=C(CC(C)C)C(=O)NC(CCCCN)C(=O)NC(CO)C(=O)NC(C(=O)NC(CC(C)C)C(N)=O)C(C)O)C(C)O. The first-order valence-electron chi connectivity index (χ1n) is 48.8. The molecule has 17 amide bonds. The normalized spacial score (nSPS) is 14.5. The van der Waals surface area contributed by atoms with Crippen molar-refractivity contribution in [3.8, 4) is 5.75 Å². The summed E-state index contributed by atoms with van der Waals surface area (Å²) < 4.78 is 0. The molecular formula is C93H161N25O23. The van der Waals surface area contributed by atoms with Gasteiger partial charge in [-0.05, 0) is 172 Å². The Morgan fingerprint density at radius 2 is 0.766 bits per heavy atom. The molecule has 48 heteroatoms. The van der Waals surface area contributed by atoms with Crippen LogP contribution in [0.3, 0.4) is 0 Å². The molecule has 0 radical (unpaired) electrons. The van der Waals surface area contributed by atoms with Crippen LogP contribution >= 0.6 is 0 Å². The molecule has 0 fully saturated rings. The number of carbonyl (C=O) groups is 18. The average Bonchev–Trinajstić information content (AvgIpc) is 0.858. The molecule has 796 valence electrons. The van der Waals surface area contributed by atoms with E-state index in [4.69, 9.17) is 51.0 Å². The number of guanidine groups is 2. The highest BCUT2D eigenvalue weighted by Gasteiger charge is 2.39. The van der Waals surface area contributed by atoms with Gasteiger partial charge in [0.05, 0.1) is 31.2 Å².